The molecular formula is C10H16O. The van der Waals surface area contributed by atoms with Crippen molar-refractivity contribution in [2.24, 2.45) is 11.8 Å². The van der Waals surface area contributed by atoms with Gasteiger partial charge in [-0.25, -0.2) is 0 Å². The topological polar surface area (TPSA) is 17.1 Å². The number of carbonyl (C=O) groups is 1. The van der Waals surface area contributed by atoms with Gasteiger partial charge >= 0.3 is 0 Å². The van der Waals surface area contributed by atoms with Gasteiger partial charge in [0.25, 0.3) is 0 Å². The molecule has 1 aliphatic rings. The SMILES string of the molecule is C=C[C@H]1CC(=O)[C@H](CCC)C1. The Morgan fingerprint density at radius 2 is 2.45 bits per heavy atom. The van der Waals surface area contributed by atoms with E-state index < -0.39 is 0 Å². The minimum atomic E-state index is 0.350. The molecule has 0 amide bonds. The van der Waals surface area contributed by atoms with Gasteiger partial charge in [-0.05, 0) is 18.8 Å². The van der Waals surface area contributed by atoms with Crippen molar-refractivity contribution in [3.63, 3.8) is 0 Å². The fourth-order valence-electron chi connectivity index (χ4n) is 1.81. The van der Waals surface area contributed by atoms with E-state index in [0.29, 0.717) is 17.6 Å². The molecule has 0 saturated heterocycles. The number of ketones is 1. The smallest absolute Gasteiger partial charge is 0.136 e. The van der Waals surface area contributed by atoms with Crippen molar-refractivity contribution < 1.29 is 4.79 Å². The zero-order valence-corrected chi connectivity index (χ0v) is 7.18. The summed E-state index contributed by atoms with van der Waals surface area (Å²) in [5.74, 6) is 1.28. The first-order valence-electron chi connectivity index (χ1n) is 4.43. The van der Waals surface area contributed by atoms with Crippen LogP contribution in [0.3, 0.4) is 0 Å². The van der Waals surface area contributed by atoms with Crippen LogP contribution in [0.1, 0.15) is 32.6 Å². The number of Topliss-reactive ketones (excluding diaryl/α,β-unsaturated/α-hetero) is 1. The Morgan fingerprint density at radius 3 is 2.91 bits per heavy atom. The molecule has 0 aromatic rings. The van der Waals surface area contributed by atoms with Crippen LogP contribution in [-0.2, 0) is 4.79 Å². The lowest BCUT2D eigenvalue weighted by molar-refractivity contribution is -0.120. The van der Waals surface area contributed by atoms with Crippen LogP contribution in [-0.4, -0.2) is 5.78 Å². The molecular weight excluding hydrogens is 136 g/mol. The molecule has 0 aliphatic heterocycles. The van der Waals surface area contributed by atoms with Gasteiger partial charge in [-0.3, -0.25) is 4.79 Å². The predicted octanol–water partition coefficient (Wildman–Crippen LogP) is 2.57. The molecule has 2 atom stereocenters. The van der Waals surface area contributed by atoms with E-state index in [9.17, 15) is 4.79 Å². The molecule has 62 valence electrons. The monoisotopic (exact) mass is 152 g/mol. The number of carbonyl (C=O) groups excluding carboxylic acids is 1. The van der Waals surface area contributed by atoms with Gasteiger partial charge < -0.3 is 0 Å². The zero-order chi connectivity index (χ0) is 8.27. The number of hydrogen-bond donors (Lipinski definition) is 0. The second-order valence-corrected chi connectivity index (χ2v) is 3.39. The Kier molecular flexibility index (Phi) is 2.86. The number of hydrogen-bond acceptors (Lipinski definition) is 1. The lowest BCUT2D eigenvalue weighted by atomic mass is 10.00. The standard InChI is InChI=1S/C10H16O/c1-3-5-9-6-8(4-2)7-10(9)11/h4,8-9H,2-3,5-7H2,1H3/t8-,9-/m1/s1. The molecule has 0 bridgehead atoms. The van der Waals surface area contributed by atoms with Crippen molar-refractivity contribution in [3.05, 3.63) is 12.7 Å². The zero-order valence-electron chi connectivity index (χ0n) is 7.18. The minimum Gasteiger partial charge on any atom is -0.299 e. The average Bonchev–Trinajstić information content (AvgIpc) is 2.33. The first-order valence-corrected chi connectivity index (χ1v) is 4.43. The van der Waals surface area contributed by atoms with Crippen LogP contribution >= 0.6 is 0 Å². The Morgan fingerprint density at radius 1 is 1.73 bits per heavy atom. The van der Waals surface area contributed by atoms with Gasteiger partial charge in [0.05, 0.1) is 0 Å². The van der Waals surface area contributed by atoms with E-state index >= 15 is 0 Å². The van der Waals surface area contributed by atoms with Gasteiger partial charge in [0.2, 0.25) is 0 Å². The highest BCUT2D eigenvalue weighted by atomic mass is 16.1. The summed E-state index contributed by atoms with van der Waals surface area (Å²) in [5, 5.41) is 0. The Bertz CT molecular complexity index is 160. The number of allylic oxidation sites excluding steroid dienone is 1. The maximum atomic E-state index is 11.3. The third kappa shape index (κ3) is 1.92. The molecule has 0 heterocycles. The van der Waals surface area contributed by atoms with E-state index in [1.54, 1.807) is 0 Å². The first-order chi connectivity index (χ1) is 5.27. The van der Waals surface area contributed by atoms with Crippen LogP contribution in [0.4, 0.5) is 0 Å². The van der Waals surface area contributed by atoms with Gasteiger partial charge in [0.15, 0.2) is 0 Å². The van der Waals surface area contributed by atoms with E-state index in [1.807, 2.05) is 6.08 Å². The van der Waals surface area contributed by atoms with Gasteiger partial charge in [-0.15, -0.1) is 6.58 Å². The summed E-state index contributed by atoms with van der Waals surface area (Å²) < 4.78 is 0. The Hall–Kier alpha value is -0.590. The molecule has 1 fully saturated rings. The summed E-state index contributed by atoms with van der Waals surface area (Å²) >= 11 is 0. The summed E-state index contributed by atoms with van der Waals surface area (Å²) in [6, 6.07) is 0. The molecule has 1 aliphatic carbocycles. The average molecular weight is 152 g/mol. The number of rotatable bonds is 3. The van der Waals surface area contributed by atoms with E-state index in [0.717, 1.165) is 25.7 Å². The fraction of sp³-hybridized carbons (Fsp3) is 0.700. The van der Waals surface area contributed by atoms with E-state index in [4.69, 9.17) is 0 Å². The van der Waals surface area contributed by atoms with Crippen LogP contribution in [0, 0.1) is 11.8 Å². The second kappa shape index (κ2) is 3.70. The van der Waals surface area contributed by atoms with Crippen molar-refractivity contribution in [1.29, 1.82) is 0 Å². The van der Waals surface area contributed by atoms with Gasteiger partial charge in [0.1, 0.15) is 5.78 Å². The lowest BCUT2D eigenvalue weighted by Crippen LogP contribution is -2.04. The van der Waals surface area contributed by atoms with E-state index in [2.05, 4.69) is 13.5 Å². The highest BCUT2D eigenvalue weighted by Crippen LogP contribution is 2.31. The molecule has 1 nitrogen and oxygen atoms in total. The van der Waals surface area contributed by atoms with Gasteiger partial charge in [-0.1, -0.05) is 19.4 Å². The molecule has 0 spiro atoms. The lowest BCUT2D eigenvalue weighted by Gasteiger charge is -2.04. The van der Waals surface area contributed by atoms with Crippen LogP contribution < -0.4 is 0 Å². The molecule has 0 aromatic heterocycles. The summed E-state index contributed by atoms with van der Waals surface area (Å²) in [6.45, 7) is 5.85. The molecule has 0 radical (unpaired) electrons. The molecule has 11 heavy (non-hydrogen) atoms. The molecule has 0 N–H and O–H groups in total. The summed E-state index contributed by atoms with van der Waals surface area (Å²) in [6.07, 6.45) is 5.92. The maximum absolute atomic E-state index is 11.3. The van der Waals surface area contributed by atoms with Crippen LogP contribution in [0.25, 0.3) is 0 Å². The summed E-state index contributed by atoms with van der Waals surface area (Å²) in [7, 11) is 0. The van der Waals surface area contributed by atoms with E-state index in [-0.39, 0.29) is 0 Å². The Labute approximate surface area is 68.5 Å². The quantitative estimate of drug-likeness (QED) is 0.568. The largest absolute Gasteiger partial charge is 0.299 e. The summed E-state index contributed by atoms with van der Waals surface area (Å²) in [5.41, 5.74) is 0. The molecule has 1 rings (SSSR count). The third-order valence-corrected chi connectivity index (χ3v) is 2.48. The van der Waals surface area contributed by atoms with Crippen molar-refractivity contribution in [2.45, 2.75) is 32.6 Å². The predicted molar refractivity (Wildman–Crippen MR) is 46.3 cm³/mol. The van der Waals surface area contributed by atoms with E-state index in [1.165, 1.54) is 0 Å². The van der Waals surface area contributed by atoms with Crippen molar-refractivity contribution in [3.8, 4) is 0 Å². The summed E-state index contributed by atoms with van der Waals surface area (Å²) in [4.78, 5) is 11.3. The molecule has 0 aromatic carbocycles. The Balaban J connectivity index is 2.44. The van der Waals surface area contributed by atoms with Crippen LogP contribution in [0.5, 0.6) is 0 Å². The molecule has 0 unspecified atom stereocenters. The third-order valence-electron chi connectivity index (χ3n) is 2.48. The van der Waals surface area contributed by atoms with Crippen LogP contribution in [0.15, 0.2) is 12.7 Å². The minimum absolute atomic E-state index is 0.350. The highest BCUT2D eigenvalue weighted by Gasteiger charge is 2.29. The normalized spacial score (nSPS) is 30.8. The molecule has 1 heteroatoms. The van der Waals surface area contributed by atoms with Crippen molar-refractivity contribution in [1.82, 2.24) is 0 Å². The highest BCUT2D eigenvalue weighted by molar-refractivity contribution is 5.83. The molecule has 1 saturated carbocycles. The second-order valence-electron chi connectivity index (χ2n) is 3.39. The first kappa shape index (κ1) is 8.51. The fourth-order valence-corrected chi connectivity index (χ4v) is 1.81. The van der Waals surface area contributed by atoms with Gasteiger partial charge in [-0.2, -0.15) is 0 Å². The van der Waals surface area contributed by atoms with Crippen molar-refractivity contribution >= 4 is 5.78 Å². The van der Waals surface area contributed by atoms with Gasteiger partial charge in [0, 0.05) is 12.3 Å². The van der Waals surface area contributed by atoms with Crippen LogP contribution in [0.2, 0.25) is 0 Å². The maximum Gasteiger partial charge on any atom is 0.136 e. The van der Waals surface area contributed by atoms with Crippen molar-refractivity contribution in [2.75, 3.05) is 0 Å².